The molecule has 1 aliphatic rings. The summed E-state index contributed by atoms with van der Waals surface area (Å²) in [5, 5.41) is 3.23. The Balaban J connectivity index is 2.23. The summed E-state index contributed by atoms with van der Waals surface area (Å²) in [5.41, 5.74) is 0.232. The van der Waals surface area contributed by atoms with Gasteiger partial charge in [0.05, 0.1) is 17.6 Å². The van der Waals surface area contributed by atoms with E-state index < -0.39 is 28.0 Å². The molecule has 1 heterocycles. The molecule has 1 saturated heterocycles. The predicted molar refractivity (Wildman–Crippen MR) is 110 cm³/mol. The maximum atomic E-state index is 13.3. The zero-order valence-corrected chi connectivity index (χ0v) is 17.7. The third-order valence-corrected chi connectivity index (χ3v) is 6.64. The van der Waals surface area contributed by atoms with Crippen molar-refractivity contribution in [1.29, 1.82) is 0 Å². The Morgan fingerprint density at radius 2 is 1.47 bits per heavy atom. The van der Waals surface area contributed by atoms with Gasteiger partial charge in [-0.25, -0.2) is 0 Å². The molecule has 0 saturated carbocycles. The van der Waals surface area contributed by atoms with E-state index in [0.29, 0.717) is 37.1 Å². The normalized spacial score (nSPS) is 18.5. The second-order valence-corrected chi connectivity index (χ2v) is 8.22. The lowest BCUT2D eigenvalue weighted by Crippen LogP contribution is -2.54. The minimum Gasteiger partial charge on any atom is -0.465 e. The van der Waals surface area contributed by atoms with E-state index in [0.717, 1.165) is 17.7 Å². The molecule has 1 unspecified atom stereocenters. The van der Waals surface area contributed by atoms with Gasteiger partial charge in [-0.05, 0) is 63.0 Å². The number of aryl methyl sites for hydroxylation is 1. The molecule has 0 amide bonds. The van der Waals surface area contributed by atoms with Crippen molar-refractivity contribution < 1.29 is 22.7 Å². The van der Waals surface area contributed by atoms with E-state index in [9.17, 15) is 18.0 Å². The minimum atomic E-state index is -4.45. The van der Waals surface area contributed by atoms with Crippen LogP contribution in [0.5, 0.6) is 0 Å². The van der Waals surface area contributed by atoms with Gasteiger partial charge in [-0.15, -0.1) is 11.6 Å². The molecule has 0 spiro atoms. The third-order valence-electron chi connectivity index (χ3n) is 5.84. The first-order valence-corrected chi connectivity index (χ1v) is 10.3. The molecule has 0 radical (unpaired) electrons. The summed E-state index contributed by atoms with van der Waals surface area (Å²) in [6, 6.07) is 12.2. The smallest absolute Gasteiger partial charge is 0.416 e. The van der Waals surface area contributed by atoms with Gasteiger partial charge in [0, 0.05) is 0 Å². The van der Waals surface area contributed by atoms with Crippen LogP contribution in [0.3, 0.4) is 0 Å². The number of piperidine rings is 1. The molecule has 1 aliphatic heterocycles. The van der Waals surface area contributed by atoms with Crippen LogP contribution in [0.25, 0.3) is 0 Å². The van der Waals surface area contributed by atoms with Crippen molar-refractivity contribution in [3.05, 3.63) is 70.8 Å². The molecule has 3 nitrogen and oxygen atoms in total. The summed E-state index contributed by atoms with van der Waals surface area (Å²) in [5.74, 6) is -0.429. The molecular weight excluding hydrogens is 415 g/mol. The summed E-state index contributed by atoms with van der Waals surface area (Å²) in [4.78, 5) is 11.9. The van der Waals surface area contributed by atoms with Crippen LogP contribution in [-0.2, 0) is 20.6 Å². The van der Waals surface area contributed by atoms with Crippen molar-refractivity contribution in [3.63, 3.8) is 0 Å². The van der Waals surface area contributed by atoms with Gasteiger partial charge in [0.1, 0.15) is 4.87 Å². The van der Waals surface area contributed by atoms with Gasteiger partial charge in [-0.1, -0.05) is 42.0 Å². The lowest BCUT2D eigenvalue weighted by Gasteiger charge is -2.48. The van der Waals surface area contributed by atoms with Gasteiger partial charge in [-0.2, -0.15) is 13.2 Å². The van der Waals surface area contributed by atoms with E-state index >= 15 is 0 Å². The Bertz CT molecular complexity index is 875. The highest BCUT2D eigenvalue weighted by Gasteiger charge is 2.58. The van der Waals surface area contributed by atoms with Crippen molar-refractivity contribution in [1.82, 2.24) is 5.32 Å². The van der Waals surface area contributed by atoms with Crippen molar-refractivity contribution >= 4 is 17.6 Å². The van der Waals surface area contributed by atoms with Gasteiger partial charge in [-0.3, -0.25) is 4.79 Å². The zero-order chi connectivity index (χ0) is 22.0. The number of carbonyl (C=O) groups is 1. The van der Waals surface area contributed by atoms with Crippen LogP contribution in [0.2, 0.25) is 0 Å². The van der Waals surface area contributed by atoms with Crippen LogP contribution < -0.4 is 5.32 Å². The quantitative estimate of drug-likeness (QED) is 0.498. The summed E-state index contributed by atoms with van der Waals surface area (Å²) in [6.07, 6.45) is -3.64. The number of hydrogen-bond donors (Lipinski definition) is 1. The van der Waals surface area contributed by atoms with Gasteiger partial charge >= 0.3 is 12.1 Å². The van der Waals surface area contributed by atoms with Crippen LogP contribution >= 0.6 is 11.6 Å². The van der Waals surface area contributed by atoms with E-state index in [1.165, 1.54) is 12.1 Å². The maximum absolute atomic E-state index is 13.3. The summed E-state index contributed by atoms with van der Waals surface area (Å²) < 4.78 is 44.8. The van der Waals surface area contributed by atoms with Crippen LogP contribution in [0, 0.1) is 12.3 Å². The molecule has 7 heteroatoms. The van der Waals surface area contributed by atoms with E-state index in [1.54, 1.807) is 6.92 Å². The van der Waals surface area contributed by atoms with Crippen LogP contribution in [-0.4, -0.2) is 25.7 Å². The number of hydrogen-bond acceptors (Lipinski definition) is 3. The second kappa shape index (κ2) is 8.60. The fraction of sp³-hybridized carbons (Fsp3) is 0.435. The third kappa shape index (κ3) is 3.95. The van der Waals surface area contributed by atoms with E-state index in [2.05, 4.69) is 5.32 Å². The second-order valence-electron chi connectivity index (χ2n) is 7.65. The molecule has 0 aromatic heterocycles. The number of ether oxygens (including phenoxy) is 1. The molecule has 3 rings (SSSR count). The summed E-state index contributed by atoms with van der Waals surface area (Å²) in [7, 11) is 0. The molecule has 30 heavy (non-hydrogen) atoms. The van der Waals surface area contributed by atoms with Crippen LogP contribution in [0.1, 0.15) is 42.0 Å². The number of nitrogens with one attached hydrogen (secondary N) is 1. The lowest BCUT2D eigenvalue weighted by atomic mass is 9.63. The first kappa shape index (κ1) is 22.6. The number of halogens is 4. The Morgan fingerprint density at radius 3 is 1.93 bits per heavy atom. The van der Waals surface area contributed by atoms with Crippen molar-refractivity contribution in [2.75, 3.05) is 19.7 Å². The number of carbonyl (C=O) groups excluding carboxylic acids is 1. The molecule has 2 aromatic carbocycles. The van der Waals surface area contributed by atoms with Crippen molar-refractivity contribution in [2.24, 2.45) is 5.41 Å². The number of benzene rings is 2. The molecule has 1 N–H and O–H groups in total. The number of rotatable bonds is 5. The van der Waals surface area contributed by atoms with E-state index in [1.807, 2.05) is 31.2 Å². The Morgan fingerprint density at radius 1 is 1.00 bits per heavy atom. The Labute approximate surface area is 179 Å². The van der Waals surface area contributed by atoms with Crippen LogP contribution in [0.15, 0.2) is 48.5 Å². The fourth-order valence-corrected chi connectivity index (χ4v) is 4.72. The molecule has 1 atom stereocenters. The zero-order valence-electron chi connectivity index (χ0n) is 17.0. The molecule has 0 aliphatic carbocycles. The molecular formula is C23H25ClF3NO2. The number of alkyl halides is 4. The maximum Gasteiger partial charge on any atom is 0.416 e. The van der Waals surface area contributed by atoms with Gasteiger partial charge in [0.15, 0.2) is 0 Å². The Kier molecular flexibility index (Phi) is 6.48. The average molecular weight is 440 g/mol. The van der Waals surface area contributed by atoms with Gasteiger partial charge in [0.2, 0.25) is 0 Å². The number of esters is 1. The Hall–Kier alpha value is -2.05. The molecule has 1 fully saturated rings. The SMILES string of the molecule is CCOC(=O)C1(C(Cl)(c2ccc(C)cc2)c2ccc(C(F)(F)F)cc2)CCNCC1. The highest BCUT2D eigenvalue weighted by molar-refractivity contribution is 6.28. The molecule has 162 valence electrons. The highest BCUT2D eigenvalue weighted by atomic mass is 35.5. The molecule has 0 bridgehead atoms. The fourth-order valence-electron chi connectivity index (χ4n) is 4.20. The monoisotopic (exact) mass is 439 g/mol. The van der Waals surface area contributed by atoms with Crippen molar-refractivity contribution in [2.45, 2.75) is 37.7 Å². The summed E-state index contributed by atoms with van der Waals surface area (Å²) in [6.45, 7) is 4.97. The highest BCUT2D eigenvalue weighted by Crippen LogP contribution is 2.56. The first-order chi connectivity index (χ1) is 14.1. The topological polar surface area (TPSA) is 38.3 Å². The van der Waals surface area contributed by atoms with Crippen LogP contribution in [0.4, 0.5) is 13.2 Å². The first-order valence-electron chi connectivity index (χ1n) is 9.97. The lowest BCUT2D eigenvalue weighted by molar-refractivity contribution is -0.159. The van der Waals surface area contributed by atoms with E-state index in [-0.39, 0.29) is 6.61 Å². The van der Waals surface area contributed by atoms with Gasteiger partial charge < -0.3 is 10.1 Å². The minimum absolute atomic E-state index is 0.196. The van der Waals surface area contributed by atoms with E-state index in [4.69, 9.17) is 16.3 Å². The average Bonchev–Trinajstić information content (AvgIpc) is 2.74. The van der Waals surface area contributed by atoms with Crippen molar-refractivity contribution in [3.8, 4) is 0 Å². The molecule has 2 aromatic rings. The van der Waals surface area contributed by atoms with Gasteiger partial charge in [0.25, 0.3) is 0 Å². The standard InChI is InChI=1S/C23H25ClF3NO2/c1-3-30-20(29)21(12-14-28-15-13-21)22(24,17-6-4-16(2)5-7-17)18-8-10-19(11-9-18)23(25,26)27/h4-11,28H,3,12-15H2,1-2H3. The summed E-state index contributed by atoms with van der Waals surface area (Å²) >= 11 is 7.37. The largest absolute Gasteiger partial charge is 0.465 e. The predicted octanol–water partition coefficient (Wildman–Crippen LogP) is 5.43.